The van der Waals surface area contributed by atoms with Crippen LogP contribution in [0.15, 0.2) is 12.4 Å². The standard InChI is InChI=1S/C8H14N2.H2O.3O.Re/c1-3-4-6-10-7-5-9-8(10)2;;;;;/h5,7H,3-4,6H2,1-2H3;1H2;;;;/q;;;;;+1/p-1. The van der Waals surface area contributed by atoms with Crippen molar-refractivity contribution in [1.82, 2.24) is 9.55 Å². The van der Waals surface area contributed by atoms with Crippen molar-refractivity contribution in [3.63, 3.8) is 0 Å². The summed E-state index contributed by atoms with van der Waals surface area (Å²) in [6.45, 7) is 5.35. The van der Waals surface area contributed by atoms with Gasteiger partial charge >= 0.3 is 30.0 Å². The van der Waals surface area contributed by atoms with Gasteiger partial charge in [-0.05, 0) is 13.3 Å². The van der Waals surface area contributed by atoms with E-state index in [4.69, 9.17) is 14.2 Å². The third-order valence-corrected chi connectivity index (χ3v) is 1.68. The molecule has 1 heterocycles. The molecule has 88 valence electrons. The van der Waals surface area contributed by atoms with Gasteiger partial charge in [-0.25, -0.2) is 4.98 Å². The summed E-state index contributed by atoms with van der Waals surface area (Å²) in [5, 5.41) is 0. The van der Waals surface area contributed by atoms with Crippen molar-refractivity contribution < 1.29 is 30.0 Å². The molecule has 0 aliphatic rings. The minimum absolute atomic E-state index is 1.11. The van der Waals surface area contributed by atoms with E-state index in [0.717, 1.165) is 12.4 Å². The van der Waals surface area contributed by atoms with Crippen molar-refractivity contribution in [2.24, 2.45) is 0 Å². The Labute approximate surface area is 91.3 Å². The number of aromatic nitrogens is 2. The fourth-order valence-electron chi connectivity index (χ4n) is 0.969. The molecule has 0 aliphatic heterocycles. The van der Waals surface area contributed by atoms with Crippen LogP contribution in [0.2, 0.25) is 0 Å². The number of nitrogens with zero attached hydrogens (tertiary/aromatic N) is 2. The molecule has 0 saturated heterocycles. The van der Waals surface area contributed by atoms with E-state index in [1.54, 1.807) is 0 Å². The average Bonchev–Trinajstić information content (AvgIpc) is 2.45. The van der Waals surface area contributed by atoms with Gasteiger partial charge in [-0.15, -0.1) is 0 Å². The van der Waals surface area contributed by atoms with E-state index in [1.165, 1.54) is 12.8 Å². The molecule has 0 spiro atoms. The Morgan fingerprint density at radius 1 is 1.47 bits per heavy atom. The maximum atomic E-state index is 8.75. The van der Waals surface area contributed by atoms with Crippen LogP contribution in [-0.2, 0) is 32.7 Å². The predicted molar refractivity (Wildman–Crippen MR) is 46.2 cm³/mol. The van der Waals surface area contributed by atoms with Crippen LogP contribution < -0.4 is 0 Å². The second kappa shape index (κ2) is 6.67. The van der Waals surface area contributed by atoms with Gasteiger partial charge < -0.3 is 4.57 Å². The van der Waals surface area contributed by atoms with Gasteiger partial charge in [-0.3, -0.25) is 0 Å². The summed E-state index contributed by atoms with van der Waals surface area (Å²) in [6, 6.07) is 0. The van der Waals surface area contributed by atoms with Gasteiger partial charge in [0.1, 0.15) is 5.82 Å². The van der Waals surface area contributed by atoms with Crippen LogP contribution in [0.4, 0.5) is 0 Å². The monoisotopic (exact) mass is 390 g/mol. The first-order valence-electron chi connectivity index (χ1n) is 4.45. The number of hydrogen-bond acceptors (Lipinski definition) is 4. The third kappa shape index (κ3) is 9.53. The Hall–Kier alpha value is -0.768. The van der Waals surface area contributed by atoms with Crippen molar-refractivity contribution in [3.05, 3.63) is 18.2 Å². The first-order chi connectivity index (χ1) is 6.84. The van der Waals surface area contributed by atoms with Gasteiger partial charge in [0.2, 0.25) is 0 Å². The van der Waals surface area contributed by atoms with E-state index in [2.05, 4.69) is 16.5 Å². The van der Waals surface area contributed by atoms with E-state index in [9.17, 15) is 0 Å². The van der Waals surface area contributed by atoms with Crippen LogP contribution in [0, 0.1) is 6.92 Å². The predicted octanol–water partition coefficient (Wildman–Crippen LogP) is 1.08. The van der Waals surface area contributed by atoms with Crippen molar-refractivity contribution in [1.29, 1.82) is 0 Å². The van der Waals surface area contributed by atoms with Gasteiger partial charge in [0.25, 0.3) is 0 Å². The third-order valence-electron chi connectivity index (χ3n) is 1.68. The Morgan fingerprint density at radius 3 is 2.33 bits per heavy atom. The fraction of sp³-hybridized carbons (Fsp3) is 0.625. The van der Waals surface area contributed by atoms with Gasteiger partial charge in [0.15, 0.2) is 0 Å². The number of aryl methyl sites for hydroxylation is 2. The summed E-state index contributed by atoms with van der Waals surface area (Å²) in [6.07, 6.45) is 6.38. The molecule has 0 fully saturated rings. The Bertz CT molecular complexity index is 416. The molecule has 1 rings (SSSR count). The van der Waals surface area contributed by atoms with Gasteiger partial charge in [-0.2, -0.15) is 0 Å². The summed E-state index contributed by atoms with van der Waals surface area (Å²) in [5.41, 5.74) is 0. The molecule has 0 unspecified atom stereocenters. The van der Waals surface area contributed by atoms with Crippen LogP contribution in [0.25, 0.3) is 0 Å². The van der Waals surface area contributed by atoms with E-state index in [1.807, 2.05) is 19.3 Å². The zero-order valence-electron chi connectivity index (χ0n) is 8.72. The normalized spacial score (nSPS) is 10.6. The molecule has 1 aromatic rings. The molecule has 7 heteroatoms. The minimum atomic E-state index is -5.86. The molecule has 0 bridgehead atoms. The van der Waals surface area contributed by atoms with Crippen molar-refractivity contribution >= 4 is 0 Å². The zero-order valence-corrected chi connectivity index (χ0v) is 11.4. The van der Waals surface area contributed by atoms with E-state index in [-0.39, 0.29) is 0 Å². The summed E-state index contributed by atoms with van der Waals surface area (Å²) in [7, 11) is 0. The van der Waals surface area contributed by atoms with E-state index in [0.29, 0.717) is 0 Å². The van der Waals surface area contributed by atoms with Crippen LogP contribution >= 0.6 is 0 Å². The quantitative estimate of drug-likeness (QED) is 0.836. The van der Waals surface area contributed by atoms with Crippen LogP contribution in [-0.4, -0.2) is 13.4 Å². The molecule has 1 N–H and O–H groups in total. The molecule has 0 radical (unpaired) electrons. The summed E-state index contributed by atoms with van der Waals surface area (Å²) in [5.74, 6) is 1.12. The molecular weight excluding hydrogens is 374 g/mol. The summed E-state index contributed by atoms with van der Waals surface area (Å²) in [4.78, 5) is 4.13. The molecular formula is C8H15N2O4Re. The first kappa shape index (κ1) is 14.2. The van der Waals surface area contributed by atoms with Crippen molar-refractivity contribution in [3.8, 4) is 0 Å². The zero-order chi connectivity index (χ0) is 11.9. The van der Waals surface area contributed by atoms with Crippen molar-refractivity contribution in [2.45, 2.75) is 33.2 Å². The first-order valence-corrected chi connectivity index (χ1v) is 8.99. The maximum absolute atomic E-state index is 8.75. The van der Waals surface area contributed by atoms with Gasteiger partial charge in [-0.1, -0.05) is 13.3 Å². The Kier molecular flexibility index (Phi) is 6.33. The molecule has 1 aromatic heterocycles. The molecule has 0 atom stereocenters. The number of unbranched alkanes of at least 4 members (excludes halogenated alkanes) is 1. The molecule has 6 nitrogen and oxygen atoms in total. The molecule has 0 amide bonds. The summed E-state index contributed by atoms with van der Waals surface area (Å²) < 4.78 is 35.5. The van der Waals surface area contributed by atoms with Crippen LogP contribution in [0.3, 0.4) is 0 Å². The molecule has 15 heavy (non-hydrogen) atoms. The van der Waals surface area contributed by atoms with E-state index < -0.39 is 15.8 Å². The van der Waals surface area contributed by atoms with Gasteiger partial charge in [0.05, 0.1) is 0 Å². The van der Waals surface area contributed by atoms with Crippen LogP contribution in [0.5, 0.6) is 0 Å². The average molecular weight is 389 g/mol. The molecule has 0 aliphatic carbocycles. The SMILES string of the molecule is CCCCn1ccnc1C.[O]=[Re](=[O])(=[O])[OH]. The number of imidazole rings is 1. The number of rotatable bonds is 3. The number of hydrogen-bond donors (Lipinski definition) is 1. The second-order valence-electron chi connectivity index (χ2n) is 2.92. The molecule has 0 saturated carbocycles. The fourth-order valence-corrected chi connectivity index (χ4v) is 0.969. The van der Waals surface area contributed by atoms with Crippen LogP contribution in [0.1, 0.15) is 25.6 Å². The Morgan fingerprint density at radius 2 is 2.00 bits per heavy atom. The molecule has 0 aromatic carbocycles. The van der Waals surface area contributed by atoms with Crippen molar-refractivity contribution in [2.75, 3.05) is 0 Å². The second-order valence-corrected chi connectivity index (χ2v) is 5.76. The summed E-state index contributed by atoms with van der Waals surface area (Å²) >= 11 is -5.86. The van der Waals surface area contributed by atoms with Gasteiger partial charge in [0, 0.05) is 18.9 Å². The topological polar surface area (TPSA) is 89.3 Å². The van der Waals surface area contributed by atoms with E-state index >= 15 is 0 Å². The Balaban J connectivity index is 0.000000336.